The number of nitrogens with two attached hydrogens (primary N) is 2. The molecule has 2 aromatic rings. The van der Waals surface area contributed by atoms with Gasteiger partial charge in [0.25, 0.3) is 0 Å². The first-order chi connectivity index (χ1) is 14.3. The first-order valence-corrected chi connectivity index (χ1v) is 11.0. The van der Waals surface area contributed by atoms with Gasteiger partial charge in [-0.3, -0.25) is 9.98 Å². The number of rotatable bonds is 4. The van der Waals surface area contributed by atoms with Crippen molar-refractivity contribution in [2.45, 2.75) is 66.2 Å². The quantitative estimate of drug-likeness (QED) is 0.492. The van der Waals surface area contributed by atoms with E-state index in [9.17, 15) is 0 Å². The summed E-state index contributed by atoms with van der Waals surface area (Å²) in [5.41, 5.74) is 16.7. The van der Waals surface area contributed by atoms with Gasteiger partial charge in [0, 0.05) is 24.7 Å². The van der Waals surface area contributed by atoms with Crippen LogP contribution in [0.1, 0.15) is 77.6 Å². The lowest BCUT2D eigenvalue weighted by molar-refractivity contribution is 0.590. The molecular weight excluding hydrogens is 380 g/mol. The first-order valence-electron chi connectivity index (χ1n) is 11.0. The summed E-state index contributed by atoms with van der Waals surface area (Å²) in [6, 6.07) is 16.6. The molecule has 31 heavy (non-hydrogen) atoms. The van der Waals surface area contributed by atoms with Crippen molar-refractivity contribution in [1.29, 1.82) is 0 Å². The molecule has 0 heterocycles. The second kappa shape index (κ2) is 11.1. The highest BCUT2D eigenvalue weighted by Crippen LogP contribution is 2.23. The van der Waals surface area contributed by atoms with Crippen molar-refractivity contribution < 1.29 is 0 Å². The van der Waals surface area contributed by atoms with Crippen LogP contribution in [0.25, 0.3) is 0 Å². The van der Waals surface area contributed by atoms with Crippen molar-refractivity contribution in [3.05, 3.63) is 70.8 Å². The van der Waals surface area contributed by atoms with E-state index in [4.69, 9.17) is 11.5 Å². The Balaban J connectivity index is 0.000000316. The number of benzene rings is 2. The van der Waals surface area contributed by atoms with E-state index in [-0.39, 0.29) is 10.8 Å². The lowest BCUT2D eigenvalue weighted by Gasteiger charge is -2.19. The number of hydrogen-bond donors (Lipinski definition) is 2. The topological polar surface area (TPSA) is 76.8 Å². The van der Waals surface area contributed by atoms with Gasteiger partial charge in [-0.2, -0.15) is 0 Å². The van der Waals surface area contributed by atoms with Gasteiger partial charge in [-0.1, -0.05) is 104 Å². The van der Waals surface area contributed by atoms with Crippen LogP contribution in [-0.2, 0) is 10.8 Å². The standard InChI is InChI=1S/C15H24N2.C12H18N2/c1-11(2)10-17-14(16)12-6-8-13(9-7-12)15(3,4)5;1-12(2,3)10-7-5-9(6-8-10)11(13)14-4/h6-9,11H,10H2,1-5H3,(H2,16,17);5-8H,1-4H3,(H2,13,14). The Labute approximate surface area is 189 Å². The Kier molecular flexibility index (Phi) is 9.48. The maximum Gasteiger partial charge on any atom is 0.125 e. The second-order valence-electron chi connectivity index (χ2n) is 10.4. The second-order valence-corrected chi connectivity index (χ2v) is 10.4. The van der Waals surface area contributed by atoms with Crippen molar-refractivity contribution in [3.8, 4) is 0 Å². The normalized spacial score (nSPS) is 13.1. The van der Waals surface area contributed by atoms with Crippen molar-refractivity contribution in [3.63, 3.8) is 0 Å². The Hall–Kier alpha value is -2.62. The molecule has 4 N–H and O–H groups in total. The summed E-state index contributed by atoms with van der Waals surface area (Å²) in [4.78, 5) is 8.33. The van der Waals surface area contributed by atoms with Crippen molar-refractivity contribution in [1.82, 2.24) is 0 Å². The molecule has 170 valence electrons. The minimum absolute atomic E-state index is 0.183. The van der Waals surface area contributed by atoms with Crippen molar-refractivity contribution >= 4 is 11.7 Å². The highest BCUT2D eigenvalue weighted by atomic mass is 14.8. The van der Waals surface area contributed by atoms with E-state index < -0.39 is 0 Å². The van der Waals surface area contributed by atoms with Crippen molar-refractivity contribution in [2.75, 3.05) is 13.6 Å². The molecule has 0 aliphatic heterocycles. The van der Waals surface area contributed by atoms with E-state index in [1.165, 1.54) is 11.1 Å². The summed E-state index contributed by atoms with van der Waals surface area (Å²) in [6.45, 7) is 18.3. The van der Waals surface area contributed by atoms with E-state index >= 15 is 0 Å². The fourth-order valence-electron chi connectivity index (χ4n) is 2.78. The largest absolute Gasteiger partial charge is 0.384 e. The van der Waals surface area contributed by atoms with E-state index in [2.05, 4.69) is 102 Å². The van der Waals surface area contributed by atoms with Gasteiger partial charge in [0.05, 0.1) is 0 Å². The van der Waals surface area contributed by atoms with Gasteiger partial charge in [0.1, 0.15) is 11.7 Å². The highest BCUT2D eigenvalue weighted by molar-refractivity contribution is 5.97. The minimum atomic E-state index is 0.183. The predicted octanol–water partition coefficient (Wildman–Crippen LogP) is 5.66. The minimum Gasteiger partial charge on any atom is -0.384 e. The molecule has 0 spiro atoms. The Morgan fingerprint density at radius 2 is 1.06 bits per heavy atom. The van der Waals surface area contributed by atoms with Gasteiger partial charge in [0.15, 0.2) is 0 Å². The summed E-state index contributed by atoms with van der Waals surface area (Å²) in [6.07, 6.45) is 0. The average molecular weight is 423 g/mol. The van der Waals surface area contributed by atoms with Crippen LogP contribution in [0.5, 0.6) is 0 Å². The van der Waals surface area contributed by atoms with Crippen LogP contribution in [0.15, 0.2) is 58.5 Å². The van der Waals surface area contributed by atoms with Gasteiger partial charge >= 0.3 is 0 Å². The smallest absolute Gasteiger partial charge is 0.125 e. The third kappa shape index (κ3) is 8.95. The molecule has 0 aliphatic rings. The summed E-state index contributed by atoms with van der Waals surface area (Å²) < 4.78 is 0. The molecule has 0 fully saturated rings. The van der Waals surface area contributed by atoms with Crippen LogP contribution in [-0.4, -0.2) is 25.3 Å². The Morgan fingerprint density at radius 3 is 1.35 bits per heavy atom. The molecule has 0 unspecified atom stereocenters. The molecule has 4 nitrogen and oxygen atoms in total. The summed E-state index contributed by atoms with van der Waals surface area (Å²) in [5.74, 6) is 1.77. The van der Waals surface area contributed by atoms with Gasteiger partial charge in [-0.05, 0) is 27.9 Å². The Morgan fingerprint density at radius 1 is 0.710 bits per heavy atom. The predicted molar refractivity (Wildman–Crippen MR) is 137 cm³/mol. The van der Waals surface area contributed by atoms with E-state index in [1.807, 2.05) is 12.1 Å². The molecule has 4 heteroatoms. The molecule has 0 amide bonds. The molecule has 0 radical (unpaired) electrons. The van der Waals surface area contributed by atoms with E-state index in [0.717, 1.165) is 17.7 Å². The fraction of sp³-hybridized carbons (Fsp3) is 0.481. The maximum atomic E-state index is 5.95. The molecule has 2 rings (SSSR count). The van der Waals surface area contributed by atoms with Gasteiger partial charge in [-0.25, -0.2) is 0 Å². The fourth-order valence-corrected chi connectivity index (χ4v) is 2.78. The third-order valence-electron chi connectivity index (χ3n) is 4.96. The zero-order valence-electron chi connectivity index (χ0n) is 21.0. The van der Waals surface area contributed by atoms with Crippen molar-refractivity contribution in [2.24, 2.45) is 27.4 Å². The van der Waals surface area contributed by atoms with Crippen LogP contribution in [0.3, 0.4) is 0 Å². The van der Waals surface area contributed by atoms with Crippen LogP contribution in [0, 0.1) is 5.92 Å². The van der Waals surface area contributed by atoms with Gasteiger partial charge in [0.2, 0.25) is 0 Å². The molecule has 0 atom stereocenters. The SMILES string of the molecule is CC(C)CN=C(N)c1ccc(C(C)(C)C)cc1.CN=C(N)c1ccc(C(C)(C)C)cc1. The first kappa shape index (κ1) is 26.4. The third-order valence-corrected chi connectivity index (χ3v) is 4.96. The highest BCUT2D eigenvalue weighted by Gasteiger charge is 2.14. The van der Waals surface area contributed by atoms with Gasteiger partial charge < -0.3 is 11.5 Å². The number of nitrogens with zero attached hydrogens (tertiary/aromatic N) is 2. The van der Waals surface area contributed by atoms with Gasteiger partial charge in [-0.15, -0.1) is 0 Å². The van der Waals surface area contributed by atoms with E-state index in [0.29, 0.717) is 17.6 Å². The molecule has 2 aromatic carbocycles. The number of amidine groups is 2. The lowest BCUT2D eigenvalue weighted by Crippen LogP contribution is -2.16. The summed E-state index contributed by atoms with van der Waals surface area (Å²) >= 11 is 0. The lowest BCUT2D eigenvalue weighted by atomic mass is 9.86. The van der Waals surface area contributed by atoms with Crippen LogP contribution < -0.4 is 11.5 Å². The molecular formula is C27H42N4. The zero-order chi connectivity index (χ0) is 23.8. The molecule has 0 bridgehead atoms. The van der Waals surface area contributed by atoms with Crippen LogP contribution in [0.2, 0.25) is 0 Å². The molecule has 0 saturated carbocycles. The molecule has 0 saturated heterocycles. The van der Waals surface area contributed by atoms with E-state index in [1.54, 1.807) is 7.05 Å². The van der Waals surface area contributed by atoms with Crippen LogP contribution >= 0.6 is 0 Å². The monoisotopic (exact) mass is 422 g/mol. The zero-order valence-corrected chi connectivity index (χ0v) is 21.0. The average Bonchev–Trinajstić information content (AvgIpc) is 2.70. The molecule has 0 aliphatic carbocycles. The Bertz CT molecular complexity index is 859. The molecule has 0 aromatic heterocycles. The van der Waals surface area contributed by atoms with Crippen LogP contribution in [0.4, 0.5) is 0 Å². The number of hydrogen-bond acceptors (Lipinski definition) is 2. The number of aliphatic imine (C=N–C) groups is 2. The summed E-state index contributed by atoms with van der Waals surface area (Å²) in [7, 11) is 1.70. The maximum absolute atomic E-state index is 5.95. The summed E-state index contributed by atoms with van der Waals surface area (Å²) in [5, 5.41) is 0.